The van der Waals surface area contributed by atoms with Gasteiger partial charge in [-0.15, -0.1) is 0 Å². The van der Waals surface area contributed by atoms with Gasteiger partial charge in [-0.1, -0.05) is 6.92 Å². The summed E-state index contributed by atoms with van der Waals surface area (Å²) in [5.41, 5.74) is 5.61. The molecule has 0 aliphatic carbocycles. The molecule has 2 saturated heterocycles. The van der Waals surface area contributed by atoms with Crippen LogP contribution in [0.4, 0.5) is 0 Å². The Morgan fingerprint density at radius 1 is 1.38 bits per heavy atom. The summed E-state index contributed by atoms with van der Waals surface area (Å²) in [4.78, 5) is 17.0. The van der Waals surface area contributed by atoms with Crippen molar-refractivity contribution in [2.45, 2.75) is 44.4 Å². The first-order valence-corrected chi connectivity index (χ1v) is 8.06. The van der Waals surface area contributed by atoms with Gasteiger partial charge >= 0.3 is 0 Å². The Morgan fingerprint density at radius 3 is 2.81 bits per heavy atom. The third-order valence-electron chi connectivity index (χ3n) is 4.62. The first-order valence-electron chi connectivity index (χ1n) is 8.06. The van der Waals surface area contributed by atoms with Gasteiger partial charge in [0.05, 0.1) is 12.7 Å². The molecule has 2 rings (SSSR count). The maximum atomic E-state index is 12.6. The summed E-state index contributed by atoms with van der Waals surface area (Å²) in [7, 11) is 1.73. The molecule has 3 atom stereocenters. The Hall–Kier alpha value is -0.690. The Balaban J connectivity index is 1.86. The van der Waals surface area contributed by atoms with Gasteiger partial charge in [0.1, 0.15) is 6.10 Å². The second-order valence-corrected chi connectivity index (χ2v) is 5.93. The highest BCUT2D eigenvalue weighted by Gasteiger charge is 2.36. The third kappa shape index (κ3) is 4.16. The fourth-order valence-corrected chi connectivity index (χ4v) is 3.25. The minimum absolute atomic E-state index is 0.0592. The Labute approximate surface area is 127 Å². The molecule has 6 nitrogen and oxygen atoms in total. The molecule has 2 heterocycles. The molecule has 1 amide bonds. The Kier molecular flexibility index (Phi) is 6.41. The van der Waals surface area contributed by atoms with Crippen LogP contribution in [-0.4, -0.2) is 80.4 Å². The molecule has 2 fully saturated rings. The lowest BCUT2D eigenvalue weighted by atomic mass is 10.1. The number of nitrogens with zero attached hydrogens (tertiary/aromatic N) is 2. The largest absolute Gasteiger partial charge is 0.383 e. The minimum Gasteiger partial charge on any atom is -0.383 e. The quantitative estimate of drug-likeness (QED) is 0.751. The summed E-state index contributed by atoms with van der Waals surface area (Å²) in [5, 5.41) is 0. The maximum Gasteiger partial charge on any atom is 0.251 e. The average Bonchev–Trinajstić information content (AvgIpc) is 3.01. The number of ether oxygens (including phenoxy) is 2. The second kappa shape index (κ2) is 8.08. The van der Waals surface area contributed by atoms with Crippen molar-refractivity contribution in [2.75, 3.05) is 46.4 Å². The lowest BCUT2D eigenvalue weighted by molar-refractivity contribution is -0.146. The average molecular weight is 299 g/mol. The van der Waals surface area contributed by atoms with Crippen molar-refractivity contribution in [2.24, 2.45) is 5.73 Å². The molecule has 0 aromatic carbocycles. The normalized spacial score (nSPS) is 30.8. The van der Waals surface area contributed by atoms with Gasteiger partial charge in [-0.2, -0.15) is 0 Å². The van der Waals surface area contributed by atoms with Crippen LogP contribution in [-0.2, 0) is 14.3 Å². The number of nitrogens with two attached hydrogens (primary N) is 1. The fourth-order valence-electron chi connectivity index (χ4n) is 3.25. The Bertz CT molecular complexity index is 340. The molecular weight excluding hydrogens is 270 g/mol. The maximum absolute atomic E-state index is 12.6. The van der Waals surface area contributed by atoms with Gasteiger partial charge in [-0.05, 0) is 19.3 Å². The van der Waals surface area contributed by atoms with E-state index < -0.39 is 0 Å². The van der Waals surface area contributed by atoms with Gasteiger partial charge in [0.25, 0.3) is 5.91 Å². The first kappa shape index (κ1) is 16.7. The van der Waals surface area contributed by atoms with Gasteiger partial charge in [0.2, 0.25) is 0 Å². The zero-order chi connectivity index (χ0) is 15.2. The molecule has 0 saturated carbocycles. The van der Waals surface area contributed by atoms with Gasteiger partial charge in [0.15, 0.2) is 0 Å². The number of methoxy groups -OCH3 is 1. The predicted molar refractivity (Wildman–Crippen MR) is 81.1 cm³/mol. The monoisotopic (exact) mass is 299 g/mol. The van der Waals surface area contributed by atoms with Crippen LogP contribution in [0, 0.1) is 0 Å². The van der Waals surface area contributed by atoms with Gasteiger partial charge < -0.3 is 20.1 Å². The standard InChI is InChI=1S/C15H29N3O3/c1-3-12-11-18(7-6-17(12)8-9-20-2)15(19)14-5-4-13(10-16)21-14/h12-14H,3-11,16H2,1-2H3/t12?,13-,14+/m1/s1. The van der Waals surface area contributed by atoms with Crippen molar-refractivity contribution >= 4 is 5.91 Å². The van der Waals surface area contributed by atoms with Crippen molar-refractivity contribution in [3.63, 3.8) is 0 Å². The van der Waals surface area contributed by atoms with Crippen LogP contribution in [0.25, 0.3) is 0 Å². The van der Waals surface area contributed by atoms with E-state index in [-0.39, 0.29) is 18.1 Å². The first-order chi connectivity index (χ1) is 10.2. The van der Waals surface area contributed by atoms with E-state index in [1.807, 2.05) is 4.90 Å². The molecule has 21 heavy (non-hydrogen) atoms. The van der Waals surface area contributed by atoms with Crippen LogP contribution in [0.5, 0.6) is 0 Å². The molecule has 2 aliphatic rings. The molecule has 0 spiro atoms. The van der Waals surface area contributed by atoms with Gasteiger partial charge in [0, 0.05) is 45.9 Å². The number of amides is 1. The number of hydrogen-bond acceptors (Lipinski definition) is 5. The SMILES string of the molecule is CCC1CN(C(=O)[C@@H]2CC[C@H](CN)O2)CCN1CCOC. The van der Waals surface area contributed by atoms with Crippen molar-refractivity contribution in [3.8, 4) is 0 Å². The van der Waals surface area contributed by atoms with Crippen LogP contribution in [0.3, 0.4) is 0 Å². The van der Waals surface area contributed by atoms with E-state index in [0.29, 0.717) is 12.6 Å². The Morgan fingerprint density at radius 2 is 2.19 bits per heavy atom. The number of rotatable bonds is 6. The molecule has 0 aromatic heterocycles. The molecule has 0 radical (unpaired) electrons. The zero-order valence-corrected chi connectivity index (χ0v) is 13.3. The van der Waals surface area contributed by atoms with Crippen LogP contribution in [0.2, 0.25) is 0 Å². The van der Waals surface area contributed by atoms with E-state index in [1.54, 1.807) is 7.11 Å². The van der Waals surface area contributed by atoms with E-state index in [0.717, 1.165) is 52.0 Å². The predicted octanol–water partition coefficient (Wildman–Crippen LogP) is 0.0619. The van der Waals surface area contributed by atoms with E-state index >= 15 is 0 Å². The third-order valence-corrected chi connectivity index (χ3v) is 4.62. The molecule has 6 heteroatoms. The summed E-state index contributed by atoms with van der Waals surface area (Å²) in [6.45, 7) is 6.86. The van der Waals surface area contributed by atoms with Crippen molar-refractivity contribution in [1.82, 2.24) is 9.80 Å². The molecule has 122 valence electrons. The summed E-state index contributed by atoms with van der Waals surface area (Å²) < 4.78 is 10.9. The van der Waals surface area contributed by atoms with E-state index in [1.165, 1.54) is 0 Å². The van der Waals surface area contributed by atoms with Crippen molar-refractivity contribution < 1.29 is 14.3 Å². The van der Waals surface area contributed by atoms with E-state index in [4.69, 9.17) is 15.2 Å². The summed E-state index contributed by atoms with van der Waals surface area (Å²) in [5.74, 6) is 0.149. The van der Waals surface area contributed by atoms with Crippen LogP contribution in [0.15, 0.2) is 0 Å². The van der Waals surface area contributed by atoms with Crippen LogP contribution >= 0.6 is 0 Å². The smallest absolute Gasteiger partial charge is 0.251 e. The number of piperazine rings is 1. The van der Waals surface area contributed by atoms with Gasteiger partial charge in [-0.25, -0.2) is 0 Å². The highest BCUT2D eigenvalue weighted by atomic mass is 16.5. The van der Waals surface area contributed by atoms with Crippen LogP contribution in [0.1, 0.15) is 26.2 Å². The fraction of sp³-hybridized carbons (Fsp3) is 0.933. The second-order valence-electron chi connectivity index (χ2n) is 5.93. The van der Waals surface area contributed by atoms with E-state index in [9.17, 15) is 4.79 Å². The number of carbonyl (C=O) groups is 1. The van der Waals surface area contributed by atoms with E-state index in [2.05, 4.69) is 11.8 Å². The molecule has 2 N–H and O–H groups in total. The van der Waals surface area contributed by atoms with Crippen molar-refractivity contribution in [3.05, 3.63) is 0 Å². The molecule has 1 unspecified atom stereocenters. The topological polar surface area (TPSA) is 68.0 Å². The number of hydrogen-bond donors (Lipinski definition) is 1. The summed E-state index contributed by atoms with van der Waals surface area (Å²) in [6, 6.07) is 0.421. The minimum atomic E-state index is -0.276. The van der Waals surface area contributed by atoms with Gasteiger partial charge in [-0.3, -0.25) is 9.69 Å². The highest BCUT2D eigenvalue weighted by molar-refractivity contribution is 5.81. The summed E-state index contributed by atoms with van der Waals surface area (Å²) >= 11 is 0. The lowest BCUT2D eigenvalue weighted by Gasteiger charge is -2.41. The van der Waals surface area contributed by atoms with Crippen LogP contribution < -0.4 is 5.73 Å². The molecule has 2 aliphatic heterocycles. The number of carbonyl (C=O) groups excluding carboxylic acids is 1. The zero-order valence-electron chi connectivity index (χ0n) is 13.3. The lowest BCUT2D eigenvalue weighted by Crippen LogP contribution is -2.56. The summed E-state index contributed by atoms with van der Waals surface area (Å²) in [6.07, 6.45) is 2.54. The van der Waals surface area contributed by atoms with Crippen molar-refractivity contribution in [1.29, 1.82) is 0 Å². The molecule has 0 bridgehead atoms. The molecular formula is C15H29N3O3. The highest BCUT2D eigenvalue weighted by Crippen LogP contribution is 2.22. The molecule has 0 aromatic rings.